The molecule has 0 amide bonds. The van der Waals surface area contributed by atoms with E-state index in [1.807, 2.05) is 0 Å². The van der Waals surface area contributed by atoms with Gasteiger partial charge in [-0.15, -0.1) is 10.2 Å². The number of fused-ring (bicyclic) bond motifs is 1. The second-order valence-corrected chi connectivity index (χ2v) is 8.07. The molecule has 168 valence electrons. The van der Waals surface area contributed by atoms with E-state index in [2.05, 4.69) is 20.3 Å². The lowest BCUT2D eigenvalue weighted by Crippen LogP contribution is -2.28. The van der Waals surface area contributed by atoms with Crippen LogP contribution in [0.4, 0.5) is 5.69 Å². The number of hydrogen-bond donors (Lipinski definition) is 1. The van der Waals surface area contributed by atoms with E-state index < -0.39 is 11.0 Å². The van der Waals surface area contributed by atoms with Gasteiger partial charge in [-0.05, 0) is 25.1 Å². The highest BCUT2D eigenvalue weighted by atomic mass is 32.2. The molecule has 4 rings (SSSR count). The molecule has 0 aliphatic carbocycles. The average Bonchev–Trinajstić information content (AvgIpc) is 3.17. The molecule has 1 unspecified atom stereocenters. The summed E-state index contributed by atoms with van der Waals surface area (Å²) in [7, 11) is 0. The fraction of sp³-hybridized carbons (Fsp3) is 0.190. The van der Waals surface area contributed by atoms with Crippen LogP contribution in [0.15, 0.2) is 69.9 Å². The van der Waals surface area contributed by atoms with Crippen molar-refractivity contribution in [3.63, 3.8) is 0 Å². The molecule has 0 spiro atoms. The minimum absolute atomic E-state index is 0.0639. The molecule has 1 atom stereocenters. The number of para-hydroxylation sites is 2. The summed E-state index contributed by atoms with van der Waals surface area (Å²) in [5.74, 6) is 0.704. The van der Waals surface area contributed by atoms with Gasteiger partial charge in [0.15, 0.2) is 5.82 Å². The Labute approximate surface area is 191 Å². The van der Waals surface area contributed by atoms with E-state index in [0.29, 0.717) is 27.4 Å². The van der Waals surface area contributed by atoms with Crippen LogP contribution in [0.2, 0.25) is 0 Å². The topological polar surface area (TPSA) is 141 Å². The number of rotatable bonds is 8. The van der Waals surface area contributed by atoms with Gasteiger partial charge >= 0.3 is 0 Å². The second kappa shape index (κ2) is 9.71. The molecule has 0 radical (unpaired) electrons. The van der Waals surface area contributed by atoms with Gasteiger partial charge in [-0.1, -0.05) is 36.0 Å². The van der Waals surface area contributed by atoms with Crippen LogP contribution in [0.25, 0.3) is 10.9 Å². The number of aliphatic hydroxyl groups is 1. The number of aliphatic hydroxyl groups excluding tert-OH is 1. The van der Waals surface area contributed by atoms with Crippen molar-refractivity contribution in [1.82, 2.24) is 24.4 Å². The summed E-state index contributed by atoms with van der Waals surface area (Å²) in [6, 6.07) is 13.3. The van der Waals surface area contributed by atoms with E-state index in [-0.39, 0.29) is 23.5 Å². The summed E-state index contributed by atoms with van der Waals surface area (Å²) in [5.41, 5.74) is 0.654. The van der Waals surface area contributed by atoms with Crippen molar-refractivity contribution >= 4 is 34.6 Å². The highest BCUT2D eigenvalue weighted by Crippen LogP contribution is 2.20. The van der Waals surface area contributed by atoms with Gasteiger partial charge < -0.3 is 5.11 Å². The van der Waals surface area contributed by atoms with E-state index in [4.69, 9.17) is 0 Å². The molecule has 12 heteroatoms. The molecule has 2 aromatic carbocycles. The lowest BCUT2D eigenvalue weighted by Gasteiger charge is -2.12. The van der Waals surface area contributed by atoms with Crippen LogP contribution in [-0.2, 0) is 6.54 Å². The SMILES string of the molecule is Cc1nnc(SCC(O)Cn2cnc3ccccc3c2=O)n1N=Cc1ccccc1[N+](=O)[O-]. The number of nitro benzene ring substituents is 1. The molecule has 0 fully saturated rings. The minimum atomic E-state index is -0.861. The Balaban J connectivity index is 1.46. The van der Waals surface area contributed by atoms with Crippen molar-refractivity contribution in [3.05, 3.63) is 86.7 Å². The van der Waals surface area contributed by atoms with Crippen molar-refractivity contribution < 1.29 is 10.0 Å². The summed E-state index contributed by atoms with van der Waals surface area (Å²) < 4.78 is 2.81. The first-order valence-corrected chi connectivity index (χ1v) is 10.9. The van der Waals surface area contributed by atoms with Gasteiger partial charge in [-0.25, -0.2) is 4.98 Å². The highest BCUT2D eigenvalue weighted by molar-refractivity contribution is 7.99. The average molecular weight is 465 g/mol. The van der Waals surface area contributed by atoms with Crippen LogP contribution in [-0.4, -0.2) is 52.5 Å². The Morgan fingerprint density at radius 2 is 1.97 bits per heavy atom. The smallest absolute Gasteiger partial charge is 0.278 e. The Morgan fingerprint density at radius 1 is 1.21 bits per heavy atom. The number of nitrogens with zero attached hydrogens (tertiary/aromatic N) is 7. The first-order chi connectivity index (χ1) is 15.9. The Hall–Kier alpha value is -3.90. The largest absolute Gasteiger partial charge is 0.390 e. The van der Waals surface area contributed by atoms with Crippen LogP contribution in [0.5, 0.6) is 0 Å². The maximum Gasteiger partial charge on any atom is 0.278 e. The lowest BCUT2D eigenvalue weighted by atomic mass is 10.2. The predicted octanol–water partition coefficient (Wildman–Crippen LogP) is 2.24. The van der Waals surface area contributed by atoms with Gasteiger partial charge in [0, 0.05) is 11.8 Å². The van der Waals surface area contributed by atoms with Crippen LogP contribution in [0, 0.1) is 17.0 Å². The fourth-order valence-electron chi connectivity index (χ4n) is 3.13. The number of benzene rings is 2. The quantitative estimate of drug-likeness (QED) is 0.181. The Morgan fingerprint density at radius 3 is 2.79 bits per heavy atom. The highest BCUT2D eigenvalue weighted by Gasteiger charge is 2.15. The minimum Gasteiger partial charge on any atom is -0.390 e. The molecular weight excluding hydrogens is 446 g/mol. The van der Waals surface area contributed by atoms with Gasteiger partial charge in [-0.2, -0.15) is 9.78 Å². The Kier molecular flexibility index (Phi) is 6.56. The van der Waals surface area contributed by atoms with Crippen LogP contribution >= 0.6 is 11.8 Å². The van der Waals surface area contributed by atoms with Crippen molar-refractivity contribution in [3.8, 4) is 0 Å². The third kappa shape index (κ3) is 4.96. The third-order valence-electron chi connectivity index (χ3n) is 4.76. The zero-order chi connectivity index (χ0) is 23.4. The summed E-state index contributed by atoms with van der Waals surface area (Å²) in [5, 5.41) is 34.9. The molecule has 1 N–H and O–H groups in total. The monoisotopic (exact) mass is 465 g/mol. The molecule has 33 heavy (non-hydrogen) atoms. The molecule has 0 aliphatic rings. The zero-order valence-corrected chi connectivity index (χ0v) is 18.3. The van der Waals surface area contributed by atoms with Crippen LogP contribution in [0.3, 0.4) is 0 Å². The van der Waals surface area contributed by atoms with Crippen LogP contribution in [0.1, 0.15) is 11.4 Å². The number of nitro groups is 1. The van der Waals surface area contributed by atoms with Gasteiger partial charge in [0.05, 0.1) is 46.6 Å². The summed E-state index contributed by atoms with van der Waals surface area (Å²) >= 11 is 1.21. The van der Waals surface area contributed by atoms with Crippen molar-refractivity contribution in [2.75, 3.05) is 5.75 Å². The maximum atomic E-state index is 12.6. The fourth-order valence-corrected chi connectivity index (χ4v) is 3.98. The van der Waals surface area contributed by atoms with Crippen LogP contribution < -0.4 is 5.56 Å². The molecule has 0 aliphatic heterocycles. The number of thioether (sulfide) groups is 1. The summed E-state index contributed by atoms with van der Waals surface area (Å²) in [6.07, 6.45) is 1.93. The first kappa shape index (κ1) is 22.3. The number of aryl methyl sites for hydroxylation is 1. The molecular formula is C21H19N7O4S. The number of hydrogen-bond acceptors (Lipinski definition) is 9. The molecule has 0 saturated heterocycles. The predicted molar refractivity (Wildman–Crippen MR) is 124 cm³/mol. The lowest BCUT2D eigenvalue weighted by molar-refractivity contribution is -0.385. The Bertz CT molecular complexity index is 1400. The summed E-state index contributed by atoms with van der Waals surface area (Å²) in [6.45, 7) is 1.76. The molecule has 0 bridgehead atoms. The second-order valence-electron chi connectivity index (χ2n) is 7.09. The zero-order valence-electron chi connectivity index (χ0n) is 17.5. The van der Waals surface area contributed by atoms with E-state index in [9.17, 15) is 20.0 Å². The van der Waals surface area contributed by atoms with Gasteiger partial charge in [-0.3, -0.25) is 19.5 Å². The third-order valence-corrected chi connectivity index (χ3v) is 5.82. The van der Waals surface area contributed by atoms with E-state index in [0.717, 1.165) is 0 Å². The standard InChI is InChI=1S/C21H19N7O4S/c1-14-24-25-21(27(14)23-10-15-6-2-5-9-19(15)28(31)32)33-12-16(29)11-26-13-22-18-8-4-3-7-17(18)20(26)30/h2-10,13,16,29H,11-12H2,1H3. The summed E-state index contributed by atoms with van der Waals surface area (Å²) in [4.78, 5) is 27.6. The molecule has 0 saturated carbocycles. The van der Waals surface area contributed by atoms with Crippen molar-refractivity contribution in [2.24, 2.45) is 5.10 Å². The van der Waals surface area contributed by atoms with Gasteiger partial charge in [0.1, 0.15) is 0 Å². The van der Waals surface area contributed by atoms with Gasteiger partial charge in [0.25, 0.3) is 11.2 Å². The van der Waals surface area contributed by atoms with E-state index in [1.165, 1.54) is 39.6 Å². The molecule has 4 aromatic rings. The first-order valence-electron chi connectivity index (χ1n) is 9.89. The van der Waals surface area contributed by atoms with Crippen molar-refractivity contribution in [1.29, 1.82) is 0 Å². The normalized spacial score (nSPS) is 12.4. The van der Waals surface area contributed by atoms with E-state index >= 15 is 0 Å². The molecule has 2 heterocycles. The van der Waals surface area contributed by atoms with Gasteiger partial charge in [0.2, 0.25) is 5.16 Å². The van der Waals surface area contributed by atoms with Crippen molar-refractivity contribution in [2.45, 2.75) is 24.7 Å². The maximum absolute atomic E-state index is 12.6. The molecule has 11 nitrogen and oxygen atoms in total. The molecule has 2 aromatic heterocycles. The number of aromatic nitrogens is 5. The van der Waals surface area contributed by atoms with E-state index in [1.54, 1.807) is 49.4 Å².